The molecule has 1 aromatic carbocycles. The molecule has 0 fully saturated rings. The van der Waals surface area contributed by atoms with E-state index in [-0.39, 0.29) is 6.04 Å². The zero-order valence-electron chi connectivity index (χ0n) is 10.8. The Morgan fingerprint density at radius 3 is 2.53 bits per heavy atom. The van der Waals surface area contributed by atoms with Gasteiger partial charge in [-0.1, -0.05) is 30.3 Å². The van der Waals surface area contributed by atoms with Gasteiger partial charge < -0.3 is 4.57 Å². The molecule has 0 radical (unpaired) electrons. The van der Waals surface area contributed by atoms with Crippen LogP contribution in [0, 0.1) is 6.92 Å². The third-order valence-electron chi connectivity index (χ3n) is 3.35. The Morgan fingerprint density at radius 1 is 1.05 bits per heavy atom. The summed E-state index contributed by atoms with van der Waals surface area (Å²) in [5.74, 6) is 0.983. The third kappa shape index (κ3) is 2.16. The maximum Gasteiger partial charge on any atom is 0.161 e. The molecule has 0 amide bonds. The molecule has 4 heteroatoms. The molecule has 0 saturated heterocycles. The first-order chi connectivity index (χ1) is 9.16. The molecule has 0 unspecified atom stereocenters. The van der Waals surface area contributed by atoms with Gasteiger partial charge in [-0.3, -0.25) is 0 Å². The highest BCUT2D eigenvalue weighted by molar-refractivity contribution is 9.10. The van der Waals surface area contributed by atoms with Crippen molar-refractivity contribution in [1.29, 1.82) is 0 Å². The predicted molar refractivity (Wildman–Crippen MR) is 80.2 cm³/mol. The molecular formula is C15H14BrN3. The van der Waals surface area contributed by atoms with Crippen LogP contribution < -0.4 is 0 Å². The van der Waals surface area contributed by atoms with Crippen molar-refractivity contribution in [1.82, 2.24) is 14.5 Å². The summed E-state index contributed by atoms with van der Waals surface area (Å²) in [6.45, 7) is 4.20. The third-order valence-corrected chi connectivity index (χ3v) is 3.79. The number of fused-ring (bicyclic) bond motifs is 1. The molecule has 0 aliphatic rings. The van der Waals surface area contributed by atoms with E-state index in [0.717, 1.165) is 21.6 Å². The Balaban J connectivity index is 2.19. The minimum absolute atomic E-state index is 0.216. The lowest BCUT2D eigenvalue weighted by Crippen LogP contribution is -2.09. The Labute approximate surface area is 120 Å². The number of aryl methyl sites for hydroxylation is 1. The van der Waals surface area contributed by atoms with E-state index in [1.54, 1.807) is 0 Å². The van der Waals surface area contributed by atoms with Crippen LogP contribution in [-0.4, -0.2) is 14.5 Å². The Morgan fingerprint density at radius 2 is 1.79 bits per heavy atom. The minimum atomic E-state index is 0.216. The molecule has 3 aromatic rings. The van der Waals surface area contributed by atoms with Crippen LogP contribution in [0.15, 0.2) is 47.1 Å². The number of benzene rings is 1. The summed E-state index contributed by atoms with van der Waals surface area (Å²) in [6, 6.07) is 14.5. The summed E-state index contributed by atoms with van der Waals surface area (Å²) < 4.78 is 3.01. The molecule has 2 heterocycles. The number of rotatable bonds is 2. The van der Waals surface area contributed by atoms with Crippen LogP contribution in [0.2, 0.25) is 0 Å². The summed E-state index contributed by atoms with van der Waals surface area (Å²) in [7, 11) is 0. The van der Waals surface area contributed by atoms with Crippen LogP contribution in [0.5, 0.6) is 0 Å². The number of hydrogen-bond donors (Lipinski definition) is 0. The van der Waals surface area contributed by atoms with Crippen molar-refractivity contribution in [3.05, 3.63) is 58.5 Å². The first-order valence-corrected chi connectivity index (χ1v) is 7.02. The SMILES string of the molecule is Cc1nc2ccc(Br)nc2n1[C@H](C)c1ccccc1. The summed E-state index contributed by atoms with van der Waals surface area (Å²) >= 11 is 3.43. The van der Waals surface area contributed by atoms with Gasteiger partial charge in [-0.25, -0.2) is 9.97 Å². The van der Waals surface area contributed by atoms with Gasteiger partial charge in [0.2, 0.25) is 0 Å². The lowest BCUT2D eigenvalue weighted by Gasteiger charge is -2.16. The van der Waals surface area contributed by atoms with E-state index in [9.17, 15) is 0 Å². The first kappa shape index (κ1) is 12.4. The standard InChI is InChI=1S/C15H14BrN3/c1-10(12-6-4-3-5-7-12)19-11(2)17-13-8-9-14(16)18-15(13)19/h3-10H,1-2H3/t10-/m1/s1. The zero-order valence-corrected chi connectivity index (χ0v) is 12.4. The van der Waals surface area contributed by atoms with Gasteiger partial charge in [0.05, 0.1) is 6.04 Å². The summed E-state index contributed by atoms with van der Waals surface area (Å²) in [4.78, 5) is 9.14. The molecule has 19 heavy (non-hydrogen) atoms. The number of aromatic nitrogens is 3. The highest BCUT2D eigenvalue weighted by Gasteiger charge is 2.15. The topological polar surface area (TPSA) is 30.7 Å². The summed E-state index contributed by atoms with van der Waals surface area (Å²) in [6.07, 6.45) is 0. The van der Waals surface area contributed by atoms with Gasteiger partial charge in [0.1, 0.15) is 15.9 Å². The Hall–Kier alpha value is -1.68. The highest BCUT2D eigenvalue weighted by atomic mass is 79.9. The first-order valence-electron chi connectivity index (χ1n) is 6.23. The van der Waals surface area contributed by atoms with E-state index >= 15 is 0 Å². The number of halogens is 1. The molecule has 2 aromatic heterocycles. The van der Waals surface area contributed by atoms with Crippen molar-refractivity contribution in [2.45, 2.75) is 19.9 Å². The molecule has 96 valence electrons. The fraction of sp³-hybridized carbons (Fsp3) is 0.200. The smallest absolute Gasteiger partial charge is 0.161 e. The largest absolute Gasteiger partial charge is 0.306 e. The van der Waals surface area contributed by atoms with E-state index in [1.807, 2.05) is 25.1 Å². The van der Waals surface area contributed by atoms with Crippen molar-refractivity contribution < 1.29 is 0 Å². The van der Waals surface area contributed by atoms with E-state index in [0.29, 0.717) is 0 Å². The average Bonchev–Trinajstić information content (AvgIpc) is 2.74. The highest BCUT2D eigenvalue weighted by Crippen LogP contribution is 2.25. The molecule has 0 saturated carbocycles. The maximum absolute atomic E-state index is 4.58. The number of hydrogen-bond acceptors (Lipinski definition) is 2. The van der Waals surface area contributed by atoms with Gasteiger partial charge in [-0.05, 0) is 47.5 Å². The van der Waals surface area contributed by atoms with E-state index in [4.69, 9.17) is 0 Å². The minimum Gasteiger partial charge on any atom is -0.306 e. The zero-order chi connectivity index (χ0) is 13.4. The van der Waals surface area contributed by atoms with E-state index < -0.39 is 0 Å². The molecule has 0 aliphatic heterocycles. The van der Waals surface area contributed by atoms with Crippen molar-refractivity contribution in [2.75, 3.05) is 0 Å². The van der Waals surface area contributed by atoms with Gasteiger partial charge in [0.15, 0.2) is 5.65 Å². The monoisotopic (exact) mass is 315 g/mol. The molecule has 3 nitrogen and oxygen atoms in total. The van der Waals surface area contributed by atoms with Crippen molar-refractivity contribution in [3.8, 4) is 0 Å². The lowest BCUT2D eigenvalue weighted by molar-refractivity contribution is 0.632. The van der Waals surface area contributed by atoms with Crippen LogP contribution in [0.25, 0.3) is 11.2 Å². The maximum atomic E-state index is 4.58. The second-order valence-electron chi connectivity index (χ2n) is 4.59. The molecular weight excluding hydrogens is 302 g/mol. The Bertz CT molecular complexity index is 719. The summed E-state index contributed by atoms with van der Waals surface area (Å²) in [5.41, 5.74) is 3.11. The van der Waals surface area contributed by atoms with Gasteiger partial charge in [0.25, 0.3) is 0 Å². The molecule has 0 bridgehead atoms. The van der Waals surface area contributed by atoms with Crippen molar-refractivity contribution >= 4 is 27.1 Å². The van der Waals surface area contributed by atoms with Gasteiger partial charge in [-0.15, -0.1) is 0 Å². The number of imidazole rings is 1. The molecule has 0 N–H and O–H groups in total. The van der Waals surface area contributed by atoms with Gasteiger partial charge >= 0.3 is 0 Å². The van der Waals surface area contributed by atoms with Crippen LogP contribution in [0.3, 0.4) is 0 Å². The van der Waals surface area contributed by atoms with E-state index in [2.05, 4.69) is 61.7 Å². The van der Waals surface area contributed by atoms with Gasteiger partial charge in [0, 0.05) is 0 Å². The van der Waals surface area contributed by atoms with Crippen LogP contribution >= 0.6 is 15.9 Å². The fourth-order valence-electron chi connectivity index (χ4n) is 2.41. The normalized spacial score (nSPS) is 12.8. The van der Waals surface area contributed by atoms with E-state index in [1.165, 1.54) is 5.56 Å². The molecule has 0 aliphatic carbocycles. The van der Waals surface area contributed by atoms with Crippen LogP contribution in [0.1, 0.15) is 24.4 Å². The molecule has 1 atom stereocenters. The second kappa shape index (κ2) is 4.78. The van der Waals surface area contributed by atoms with Crippen LogP contribution in [-0.2, 0) is 0 Å². The quantitative estimate of drug-likeness (QED) is 0.666. The molecule has 3 rings (SSSR count). The fourth-order valence-corrected chi connectivity index (χ4v) is 2.71. The van der Waals surface area contributed by atoms with Crippen molar-refractivity contribution in [2.24, 2.45) is 0 Å². The number of pyridine rings is 1. The molecule has 0 spiro atoms. The van der Waals surface area contributed by atoms with Gasteiger partial charge in [-0.2, -0.15) is 0 Å². The van der Waals surface area contributed by atoms with Crippen molar-refractivity contribution in [3.63, 3.8) is 0 Å². The second-order valence-corrected chi connectivity index (χ2v) is 5.40. The predicted octanol–water partition coefficient (Wildman–Crippen LogP) is 4.11. The van der Waals surface area contributed by atoms with Crippen LogP contribution in [0.4, 0.5) is 0 Å². The number of nitrogens with zero attached hydrogens (tertiary/aromatic N) is 3. The summed E-state index contributed by atoms with van der Waals surface area (Å²) in [5, 5.41) is 0. The average molecular weight is 316 g/mol. The lowest BCUT2D eigenvalue weighted by atomic mass is 10.1. The Kier molecular flexibility index (Phi) is 3.11.